The van der Waals surface area contributed by atoms with Gasteiger partial charge in [-0.15, -0.1) is 0 Å². The second kappa shape index (κ2) is 7.04. The minimum absolute atomic E-state index is 0.490. The van der Waals surface area contributed by atoms with Gasteiger partial charge in [-0.3, -0.25) is 4.98 Å². The normalized spacial score (nSPS) is 25.2. The number of pyridine rings is 1. The van der Waals surface area contributed by atoms with Crippen LogP contribution in [0.4, 0.5) is 0 Å². The van der Waals surface area contributed by atoms with Crippen LogP contribution in [0.25, 0.3) is 0 Å². The van der Waals surface area contributed by atoms with E-state index in [4.69, 9.17) is 0 Å². The fourth-order valence-electron chi connectivity index (χ4n) is 3.70. The highest BCUT2D eigenvalue weighted by atomic mass is 14.9. The van der Waals surface area contributed by atoms with Gasteiger partial charge in [-0.1, -0.05) is 39.5 Å². The lowest BCUT2D eigenvalue weighted by molar-refractivity contribution is 0.176. The van der Waals surface area contributed by atoms with Crippen LogP contribution in [0.1, 0.15) is 63.1 Å². The average molecular weight is 260 g/mol. The third kappa shape index (κ3) is 3.36. The first-order valence-corrected chi connectivity index (χ1v) is 7.91. The maximum absolute atomic E-state index is 4.35. The van der Waals surface area contributed by atoms with Crippen LogP contribution in [0.3, 0.4) is 0 Å². The molecule has 1 saturated carbocycles. The molecule has 3 unspecified atom stereocenters. The van der Waals surface area contributed by atoms with E-state index >= 15 is 0 Å². The van der Waals surface area contributed by atoms with Crippen molar-refractivity contribution in [3.63, 3.8) is 0 Å². The molecule has 1 aromatic rings. The van der Waals surface area contributed by atoms with Crippen molar-refractivity contribution in [2.45, 2.75) is 58.9 Å². The van der Waals surface area contributed by atoms with E-state index in [1.165, 1.54) is 43.2 Å². The van der Waals surface area contributed by atoms with Crippen LogP contribution in [0, 0.1) is 18.8 Å². The van der Waals surface area contributed by atoms with Crippen LogP contribution in [-0.4, -0.2) is 11.5 Å². The fourth-order valence-corrected chi connectivity index (χ4v) is 3.70. The average Bonchev–Trinajstić information content (AvgIpc) is 2.46. The topological polar surface area (TPSA) is 24.9 Å². The van der Waals surface area contributed by atoms with Crippen molar-refractivity contribution in [2.75, 3.05) is 6.54 Å². The van der Waals surface area contributed by atoms with Crippen molar-refractivity contribution in [3.05, 3.63) is 29.6 Å². The Bertz CT molecular complexity index is 389. The highest BCUT2D eigenvalue weighted by Gasteiger charge is 2.31. The minimum atomic E-state index is 0.490. The predicted octanol–water partition coefficient (Wildman–Crippen LogP) is 4.26. The van der Waals surface area contributed by atoms with Gasteiger partial charge in [0.2, 0.25) is 0 Å². The van der Waals surface area contributed by atoms with Gasteiger partial charge in [-0.05, 0) is 48.9 Å². The third-order valence-electron chi connectivity index (χ3n) is 4.76. The van der Waals surface area contributed by atoms with Gasteiger partial charge in [0.05, 0.1) is 0 Å². The summed E-state index contributed by atoms with van der Waals surface area (Å²) in [5.74, 6) is 1.65. The molecule has 1 aromatic heterocycles. The van der Waals surface area contributed by atoms with E-state index < -0.39 is 0 Å². The van der Waals surface area contributed by atoms with E-state index in [1.807, 2.05) is 6.20 Å². The summed E-state index contributed by atoms with van der Waals surface area (Å²) in [5, 5.41) is 3.73. The maximum Gasteiger partial charge on any atom is 0.0369 e. The van der Waals surface area contributed by atoms with Crippen LogP contribution in [0.15, 0.2) is 18.5 Å². The van der Waals surface area contributed by atoms with E-state index in [1.54, 1.807) is 0 Å². The van der Waals surface area contributed by atoms with E-state index in [0.717, 1.165) is 18.4 Å². The number of hydrogen-bond acceptors (Lipinski definition) is 2. The van der Waals surface area contributed by atoms with Crippen LogP contribution in [0.2, 0.25) is 0 Å². The predicted molar refractivity (Wildman–Crippen MR) is 81.1 cm³/mol. The molecule has 0 bridgehead atoms. The number of nitrogens with one attached hydrogen (secondary N) is 1. The van der Waals surface area contributed by atoms with Crippen LogP contribution in [0.5, 0.6) is 0 Å². The lowest BCUT2D eigenvalue weighted by atomic mass is 9.72. The van der Waals surface area contributed by atoms with Crippen LogP contribution < -0.4 is 5.32 Å². The Morgan fingerprint density at radius 3 is 2.79 bits per heavy atom. The molecule has 0 aromatic carbocycles. The van der Waals surface area contributed by atoms with Gasteiger partial charge in [0.25, 0.3) is 0 Å². The zero-order chi connectivity index (χ0) is 13.7. The number of aromatic nitrogens is 1. The van der Waals surface area contributed by atoms with E-state index in [9.17, 15) is 0 Å². The van der Waals surface area contributed by atoms with Gasteiger partial charge in [-0.25, -0.2) is 0 Å². The van der Waals surface area contributed by atoms with Crippen LogP contribution >= 0.6 is 0 Å². The maximum atomic E-state index is 4.35. The summed E-state index contributed by atoms with van der Waals surface area (Å²) < 4.78 is 0. The number of hydrogen-bond donors (Lipinski definition) is 1. The summed E-state index contributed by atoms with van der Waals surface area (Å²) in [7, 11) is 0. The molecule has 106 valence electrons. The molecule has 2 heteroatoms. The number of aryl methyl sites for hydroxylation is 1. The molecule has 1 heterocycles. The molecule has 3 atom stereocenters. The van der Waals surface area contributed by atoms with Gasteiger partial charge >= 0.3 is 0 Å². The summed E-state index contributed by atoms with van der Waals surface area (Å²) >= 11 is 0. The Morgan fingerprint density at radius 1 is 1.32 bits per heavy atom. The van der Waals surface area contributed by atoms with Gasteiger partial charge in [0, 0.05) is 18.4 Å². The van der Waals surface area contributed by atoms with Crippen LogP contribution in [-0.2, 0) is 0 Å². The molecule has 19 heavy (non-hydrogen) atoms. The SMILES string of the molecule is CCNC(c1cnccc1C)C1CCCCC1CC. The minimum Gasteiger partial charge on any atom is -0.310 e. The van der Waals surface area contributed by atoms with Gasteiger partial charge in [0.15, 0.2) is 0 Å². The second-order valence-electron chi connectivity index (χ2n) is 5.88. The van der Waals surface area contributed by atoms with E-state index in [2.05, 4.69) is 43.3 Å². The Labute approximate surface area is 118 Å². The van der Waals surface area contributed by atoms with Gasteiger partial charge in [0.1, 0.15) is 0 Å². The molecule has 2 nitrogen and oxygen atoms in total. The largest absolute Gasteiger partial charge is 0.310 e. The Kier molecular flexibility index (Phi) is 5.38. The van der Waals surface area contributed by atoms with Crippen molar-refractivity contribution in [3.8, 4) is 0 Å². The summed E-state index contributed by atoms with van der Waals surface area (Å²) in [5.41, 5.74) is 2.79. The molecule has 0 amide bonds. The molecular weight excluding hydrogens is 232 g/mol. The highest BCUT2D eigenvalue weighted by Crippen LogP contribution is 2.40. The Morgan fingerprint density at radius 2 is 2.11 bits per heavy atom. The van der Waals surface area contributed by atoms with E-state index in [-0.39, 0.29) is 0 Å². The van der Waals surface area contributed by atoms with Crippen molar-refractivity contribution in [2.24, 2.45) is 11.8 Å². The van der Waals surface area contributed by atoms with Gasteiger partial charge < -0.3 is 5.32 Å². The Hall–Kier alpha value is -0.890. The number of nitrogens with zero attached hydrogens (tertiary/aromatic N) is 1. The molecule has 0 saturated heterocycles. The summed E-state index contributed by atoms with van der Waals surface area (Å²) in [6, 6.07) is 2.63. The molecule has 0 radical (unpaired) electrons. The first-order chi connectivity index (χ1) is 9.27. The number of rotatable bonds is 5. The standard InChI is InChI=1S/C17H28N2/c1-4-14-8-6-7-9-15(14)17(19-5-2)16-12-18-11-10-13(16)3/h10-12,14-15,17,19H,4-9H2,1-3H3. The molecule has 2 rings (SSSR count). The summed E-state index contributed by atoms with van der Waals surface area (Å²) in [6.07, 6.45) is 10.9. The second-order valence-corrected chi connectivity index (χ2v) is 5.88. The molecule has 1 aliphatic rings. The lowest BCUT2D eigenvalue weighted by Crippen LogP contribution is -2.35. The molecular formula is C17H28N2. The van der Waals surface area contributed by atoms with Crippen molar-refractivity contribution >= 4 is 0 Å². The monoisotopic (exact) mass is 260 g/mol. The summed E-state index contributed by atoms with van der Waals surface area (Å²) in [4.78, 5) is 4.35. The first-order valence-electron chi connectivity index (χ1n) is 7.91. The first kappa shape index (κ1) is 14.5. The van der Waals surface area contributed by atoms with Crippen molar-refractivity contribution in [1.82, 2.24) is 10.3 Å². The summed E-state index contributed by atoms with van der Waals surface area (Å²) in [6.45, 7) is 7.81. The van der Waals surface area contributed by atoms with Crippen molar-refractivity contribution in [1.29, 1.82) is 0 Å². The zero-order valence-corrected chi connectivity index (χ0v) is 12.7. The highest BCUT2D eigenvalue weighted by molar-refractivity contribution is 5.26. The molecule has 1 N–H and O–H groups in total. The third-order valence-corrected chi connectivity index (χ3v) is 4.76. The lowest BCUT2D eigenvalue weighted by Gasteiger charge is -2.38. The quantitative estimate of drug-likeness (QED) is 0.855. The zero-order valence-electron chi connectivity index (χ0n) is 12.7. The van der Waals surface area contributed by atoms with Crippen molar-refractivity contribution < 1.29 is 0 Å². The molecule has 0 aliphatic heterocycles. The smallest absolute Gasteiger partial charge is 0.0369 e. The molecule has 1 fully saturated rings. The fraction of sp³-hybridized carbons (Fsp3) is 0.706. The molecule has 0 spiro atoms. The van der Waals surface area contributed by atoms with E-state index in [0.29, 0.717) is 6.04 Å². The molecule has 1 aliphatic carbocycles. The van der Waals surface area contributed by atoms with Gasteiger partial charge in [-0.2, -0.15) is 0 Å². The Balaban J connectivity index is 2.26.